The first-order chi connectivity index (χ1) is 10.5. The van der Waals surface area contributed by atoms with Crippen molar-refractivity contribution in [1.82, 2.24) is 4.90 Å². The van der Waals surface area contributed by atoms with Gasteiger partial charge in [-0.05, 0) is 32.4 Å². The minimum atomic E-state index is -0.446. The van der Waals surface area contributed by atoms with Crippen molar-refractivity contribution in [2.24, 2.45) is 5.73 Å². The smallest absolute Gasteiger partial charge is 0.412 e. The van der Waals surface area contributed by atoms with E-state index in [1.807, 2.05) is 63.3 Å². The molecule has 0 aliphatic carbocycles. The fourth-order valence-corrected chi connectivity index (χ4v) is 2.35. The molecular formula is C17H24N2O3. The van der Waals surface area contributed by atoms with Crippen LogP contribution in [0.1, 0.15) is 26.3 Å². The van der Waals surface area contributed by atoms with Gasteiger partial charge in [-0.25, -0.2) is 4.79 Å². The Morgan fingerprint density at radius 2 is 1.95 bits per heavy atom. The van der Waals surface area contributed by atoms with E-state index in [1.54, 1.807) is 4.90 Å². The fourth-order valence-electron chi connectivity index (χ4n) is 2.35. The van der Waals surface area contributed by atoms with Crippen molar-refractivity contribution in [3.05, 3.63) is 48.0 Å². The maximum Gasteiger partial charge on any atom is 0.412 e. The molecule has 1 amide bonds. The third-order valence-electron chi connectivity index (χ3n) is 3.60. The Morgan fingerprint density at radius 3 is 2.59 bits per heavy atom. The van der Waals surface area contributed by atoms with Crippen LogP contribution in [0, 0.1) is 0 Å². The van der Waals surface area contributed by atoms with Gasteiger partial charge in [-0.1, -0.05) is 36.4 Å². The highest BCUT2D eigenvalue weighted by Gasteiger charge is 2.35. The van der Waals surface area contributed by atoms with Crippen molar-refractivity contribution in [2.75, 3.05) is 0 Å². The number of nitrogens with two attached hydrogens (primary N) is 1. The molecule has 1 aromatic carbocycles. The largest absolute Gasteiger partial charge is 0.444 e. The van der Waals surface area contributed by atoms with Crippen molar-refractivity contribution in [3.8, 4) is 0 Å². The number of amides is 1. The molecule has 1 aromatic rings. The molecule has 0 unspecified atom stereocenters. The van der Waals surface area contributed by atoms with E-state index < -0.39 is 12.3 Å². The third kappa shape index (κ3) is 4.08. The van der Waals surface area contributed by atoms with Gasteiger partial charge in [0, 0.05) is 6.04 Å². The van der Waals surface area contributed by atoms with E-state index in [9.17, 15) is 4.79 Å². The molecule has 0 bridgehead atoms. The Bertz CT molecular complexity index is 516. The van der Waals surface area contributed by atoms with Gasteiger partial charge in [-0.3, -0.25) is 4.90 Å². The van der Waals surface area contributed by atoms with Crippen LogP contribution < -0.4 is 5.73 Å². The molecule has 1 heterocycles. The van der Waals surface area contributed by atoms with Crippen molar-refractivity contribution < 1.29 is 14.3 Å². The molecule has 5 heteroatoms. The number of benzene rings is 1. The Morgan fingerprint density at radius 1 is 1.27 bits per heavy atom. The maximum atomic E-state index is 12.5. The van der Waals surface area contributed by atoms with Crippen molar-refractivity contribution >= 4 is 6.09 Å². The number of hydrogen-bond donors (Lipinski definition) is 1. The number of hydrogen-bond acceptors (Lipinski definition) is 4. The van der Waals surface area contributed by atoms with Crippen molar-refractivity contribution in [1.29, 1.82) is 0 Å². The zero-order valence-electron chi connectivity index (χ0n) is 13.3. The van der Waals surface area contributed by atoms with E-state index in [4.69, 9.17) is 15.2 Å². The lowest BCUT2D eigenvalue weighted by Crippen LogP contribution is -2.56. The van der Waals surface area contributed by atoms with Gasteiger partial charge in [0.05, 0.1) is 12.1 Å². The van der Waals surface area contributed by atoms with Crippen molar-refractivity contribution in [3.63, 3.8) is 0 Å². The summed E-state index contributed by atoms with van der Waals surface area (Å²) in [7, 11) is 0. The van der Waals surface area contributed by atoms with Crippen LogP contribution in [0.2, 0.25) is 0 Å². The summed E-state index contributed by atoms with van der Waals surface area (Å²) in [5, 5.41) is 0. The Kier molecular flexibility index (Phi) is 5.57. The van der Waals surface area contributed by atoms with E-state index in [-0.39, 0.29) is 24.8 Å². The highest BCUT2D eigenvalue weighted by Crippen LogP contribution is 2.20. The van der Waals surface area contributed by atoms with E-state index >= 15 is 0 Å². The van der Waals surface area contributed by atoms with Gasteiger partial charge in [0.25, 0.3) is 0 Å². The second kappa shape index (κ2) is 7.42. The summed E-state index contributed by atoms with van der Waals surface area (Å²) >= 11 is 0. The summed E-state index contributed by atoms with van der Waals surface area (Å²) in [4.78, 5) is 14.0. The molecule has 0 saturated heterocycles. The molecular weight excluding hydrogens is 280 g/mol. The number of rotatable bonds is 4. The summed E-state index contributed by atoms with van der Waals surface area (Å²) in [6.07, 6.45) is 2.83. The average molecular weight is 304 g/mol. The van der Waals surface area contributed by atoms with E-state index in [2.05, 4.69) is 0 Å². The SMILES string of the molecule is CC(C)O[C@@H]1C=C[C@H](N)[C@@H](C)N1C(=O)OCc1ccccc1. The van der Waals surface area contributed by atoms with Gasteiger partial charge in [0.15, 0.2) is 6.23 Å². The first kappa shape index (κ1) is 16.5. The van der Waals surface area contributed by atoms with Gasteiger partial charge in [-0.2, -0.15) is 0 Å². The first-order valence-electron chi connectivity index (χ1n) is 7.57. The monoisotopic (exact) mass is 304 g/mol. The lowest BCUT2D eigenvalue weighted by molar-refractivity contribution is -0.0731. The standard InChI is InChI=1S/C17H24N2O3/c1-12(2)22-16-10-9-15(18)13(3)19(16)17(20)21-11-14-7-5-4-6-8-14/h4-10,12-13,15-16H,11,18H2,1-3H3/t13-,15+,16-/m1/s1. The topological polar surface area (TPSA) is 64.8 Å². The van der Waals surface area contributed by atoms with Gasteiger partial charge in [0.1, 0.15) is 6.61 Å². The van der Waals surface area contributed by atoms with Gasteiger partial charge < -0.3 is 15.2 Å². The molecule has 120 valence electrons. The van der Waals surface area contributed by atoms with Crippen LogP contribution in [-0.4, -0.2) is 35.4 Å². The summed E-state index contributed by atoms with van der Waals surface area (Å²) in [6.45, 7) is 5.99. The molecule has 5 nitrogen and oxygen atoms in total. The molecule has 2 N–H and O–H groups in total. The minimum Gasteiger partial charge on any atom is -0.444 e. The van der Waals surface area contributed by atoms with Crippen LogP contribution in [-0.2, 0) is 16.1 Å². The molecule has 0 fully saturated rings. The number of carbonyl (C=O) groups excluding carboxylic acids is 1. The molecule has 0 aromatic heterocycles. The van der Waals surface area contributed by atoms with Crippen LogP contribution in [0.4, 0.5) is 4.79 Å². The highest BCUT2D eigenvalue weighted by molar-refractivity contribution is 5.69. The molecule has 3 atom stereocenters. The number of ether oxygens (including phenoxy) is 2. The molecule has 2 rings (SSSR count). The third-order valence-corrected chi connectivity index (χ3v) is 3.60. The van der Waals surface area contributed by atoms with Crippen LogP contribution in [0.5, 0.6) is 0 Å². The summed E-state index contributed by atoms with van der Waals surface area (Å²) in [6, 6.07) is 9.18. The first-order valence-corrected chi connectivity index (χ1v) is 7.57. The Labute approximate surface area is 131 Å². The normalized spacial score (nSPS) is 24.6. The van der Waals surface area contributed by atoms with Gasteiger partial charge >= 0.3 is 6.09 Å². The molecule has 22 heavy (non-hydrogen) atoms. The van der Waals surface area contributed by atoms with Gasteiger partial charge in [-0.15, -0.1) is 0 Å². The summed E-state index contributed by atoms with van der Waals surface area (Å²) in [5.74, 6) is 0. The zero-order chi connectivity index (χ0) is 16.1. The average Bonchev–Trinajstić information content (AvgIpc) is 2.49. The Hall–Kier alpha value is -1.85. The summed E-state index contributed by atoms with van der Waals surface area (Å²) < 4.78 is 11.2. The van der Waals surface area contributed by atoms with E-state index in [1.165, 1.54) is 0 Å². The molecule has 0 radical (unpaired) electrons. The second-order valence-corrected chi connectivity index (χ2v) is 5.73. The lowest BCUT2D eigenvalue weighted by Gasteiger charge is -2.39. The minimum absolute atomic E-state index is 0.000554. The van der Waals surface area contributed by atoms with Crippen molar-refractivity contribution in [2.45, 2.75) is 51.8 Å². The molecule has 0 saturated carbocycles. The molecule has 1 aliphatic heterocycles. The van der Waals surface area contributed by atoms with Gasteiger partial charge in [0.2, 0.25) is 0 Å². The van der Waals surface area contributed by atoms with E-state index in [0.717, 1.165) is 5.56 Å². The Balaban J connectivity index is 2.05. The predicted octanol–water partition coefficient (Wildman–Crippen LogP) is 2.66. The van der Waals surface area contributed by atoms with Crippen LogP contribution in [0.15, 0.2) is 42.5 Å². The highest BCUT2D eigenvalue weighted by atomic mass is 16.6. The maximum absolute atomic E-state index is 12.5. The van der Waals surface area contributed by atoms with E-state index in [0.29, 0.717) is 0 Å². The van der Waals surface area contributed by atoms with Crippen LogP contribution >= 0.6 is 0 Å². The predicted molar refractivity (Wildman–Crippen MR) is 85.1 cm³/mol. The second-order valence-electron chi connectivity index (χ2n) is 5.73. The van der Waals surface area contributed by atoms with Crippen LogP contribution in [0.25, 0.3) is 0 Å². The van der Waals surface area contributed by atoms with Crippen LogP contribution in [0.3, 0.4) is 0 Å². The quantitative estimate of drug-likeness (QED) is 0.869. The number of carbonyl (C=O) groups is 1. The number of nitrogens with zero attached hydrogens (tertiary/aromatic N) is 1. The fraction of sp³-hybridized carbons (Fsp3) is 0.471. The summed E-state index contributed by atoms with van der Waals surface area (Å²) in [5.41, 5.74) is 6.96. The molecule has 1 aliphatic rings. The zero-order valence-corrected chi connectivity index (χ0v) is 13.3. The molecule has 0 spiro atoms. The lowest BCUT2D eigenvalue weighted by atomic mass is 10.0.